The van der Waals surface area contributed by atoms with Gasteiger partial charge in [0.25, 0.3) is 0 Å². The summed E-state index contributed by atoms with van der Waals surface area (Å²) < 4.78 is 2.63. The van der Waals surface area contributed by atoms with Gasteiger partial charge in [-0.1, -0.05) is 0 Å². The molecular weight excluding hydrogens is 251 g/mol. The molecule has 1 rings (SSSR count). The van der Waals surface area contributed by atoms with E-state index in [2.05, 4.69) is 8.04 Å². The second kappa shape index (κ2) is 5.32. The predicted octanol–water partition coefficient (Wildman–Crippen LogP) is -2.32. The minimum absolute atomic E-state index is 0.359. The van der Waals surface area contributed by atoms with Crippen molar-refractivity contribution < 1.29 is 21.5 Å². The van der Waals surface area contributed by atoms with Crippen molar-refractivity contribution in [3.8, 4) is 0 Å². The SMILES string of the molecule is C[I-]N1CCC(CCN)CC1. The van der Waals surface area contributed by atoms with Crippen LogP contribution in [0.2, 0.25) is 0 Å². The molecular formula is C8H18IN2-. The van der Waals surface area contributed by atoms with Gasteiger partial charge in [0.2, 0.25) is 0 Å². The van der Waals surface area contributed by atoms with Crippen LogP contribution in [0.5, 0.6) is 0 Å². The second-order valence-corrected chi connectivity index (χ2v) is 5.43. The first kappa shape index (κ1) is 9.74. The summed E-state index contributed by atoms with van der Waals surface area (Å²) >= 11 is 0.359. The zero-order valence-electron chi connectivity index (χ0n) is 7.22. The molecule has 11 heavy (non-hydrogen) atoms. The van der Waals surface area contributed by atoms with Crippen LogP contribution in [0.4, 0.5) is 0 Å². The van der Waals surface area contributed by atoms with E-state index in [9.17, 15) is 0 Å². The van der Waals surface area contributed by atoms with Crippen LogP contribution in [-0.4, -0.2) is 27.7 Å². The van der Waals surface area contributed by atoms with Crippen molar-refractivity contribution in [2.24, 2.45) is 11.7 Å². The third-order valence-electron chi connectivity index (χ3n) is 2.37. The number of nitrogens with two attached hydrogens (primary N) is 1. The molecule has 0 unspecified atom stereocenters. The van der Waals surface area contributed by atoms with Gasteiger partial charge in [0.15, 0.2) is 0 Å². The monoisotopic (exact) mass is 269 g/mol. The fraction of sp³-hybridized carbons (Fsp3) is 1.00. The van der Waals surface area contributed by atoms with Gasteiger partial charge in [0, 0.05) is 0 Å². The van der Waals surface area contributed by atoms with E-state index >= 15 is 0 Å². The third kappa shape index (κ3) is 3.25. The molecule has 3 heteroatoms. The summed E-state index contributed by atoms with van der Waals surface area (Å²) in [6.07, 6.45) is 4.03. The van der Waals surface area contributed by atoms with Crippen molar-refractivity contribution in [1.29, 1.82) is 0 Å². The molecule has 0 saturated carbocycles. The first-order chi connectivity index (χ1) is 5.36. The summed E-state index contributed by atoms with van der Waals surface area (Å²) in [5.41, 5.74) is 5.52. The summed E-state index contributed by atoms with van der Waals surface area (Å²) in [5.74, 6) is 0.937. The quantitative estimate of drug-likeness (QED) is 0.354. The standard InChI is InChI=1S/C8H18IN2/c1-9-11-6-3-8(2-5-10)4-7-11/h8H,2-7,10H2,1H3/q-1. The van der Waals surface area contributed by atoms with Crippen molar-refractivity contribution in [2.75, 3.05) is 24.6 Å². The Morgan fingerprint density at radius 1 is 1.45 bits per heavy atom. The van der Waals surface area contributed by atoms with Gasteiger partial charge in [-0.3, -0.25) is 0 Å². The number of nitrogens with zero attached hydrogens (tertiary/aromatic N) is 1. The molecule has 1 fully saturated rings. The molecule has 68 valence electrons. The number of piperidine rings is 1. The van der Waals surface area contributed by atoms with Gasteiger partial charge in [-0.05, 0) is 0 Å². The third-order valence-corrected chi connectivity index (χ3v) is 4.70. The van der Waals surface area contributed by atoms with E-state index in [1.54, 1.807) is 0 Å². The summed E-state index contributed by atoms with van der Waals surface area (Å²) in [5, 5.41) is 0. The fourth-order valence-corrected chi connectivity index (χ4v) is 3.12. The van der Waals surface area contributed by atoms with Crippen LogP contribution in [0.1, 0.15) is 19.3 Å². The molecule has 1 saturated heterocycles. The van der Waals surface area contributed by atoms with Crippen molar-refractivity contribution >= 4 is 0 Å². The average Bonchev–Trinajstić information content (AvgIpc) is 2.07. The summed E-state index contributed by atoms with van der Waals surface area (Å²) in [4.78, 5) is 2.35. The average molecular weight is 269 g/mol. The van der Waals surface area contributed by atoms with Crippen LogP contribution in [0, 0.1) is 5.92 Å². The minimum atomic E-state index is 0.359. The molecule has 1 aliphatic rings. The van der Waals surface area contributed by atoms with E-state index in [4.69, 9.17) is 5.73 Å². The van der Waals surface area contributed by atoms with Gasteiger partial charge in [-0.15, -0.1) is 0 Å². The van der Waals surface area contributed by atoms with E-state index < -0.39 is 0 Å². The van der Waals surface area contributed by atoms with Crippen LogP contribution >= 0.6 is 0 Å². The zero-order chi connectivity index (χ0) is 8.10. The molecule has 0 bridgehead atoms. The molecule has 1 aliphatic heterocycles. The number of halogens is 1. The van der Waals surface area contributed by atoms with Crippen molar-refractivity contribution in [2.45, 2.75) is 19.3 Å². The van der Waals surface area contributed by atoms with Crippen LogP contribution in [0.15, 0.2) is 0 Å². The molecule has 0 aliphatic carbocycles. The molecule has 0 spiro atoms. The number of rotatable bonds is 3. The van der Waals surface area contributed by atoms with Gasteiger partial charge in [0.05, 0.1) is 0 Å². The molecule has 0 atom stereocenters. The molecule has 0 radical (unpaired) electrons. The van der Waals surface area contributed by atoms with Gasteiger partial charge < -0.3 is 0 Å². The summed E-state index contributed by atoms with van der Waals surface area (Å²) in [6.45, 7) is 3.56. The Balaban J connectivity index is 2.14. The Morgan fingerprint density at radius 2 is 2.09 bits per heavy atom. The summed E-state index contributed by atoms with van der Waals surface area (Å²) in [6, 6.07) is 0. The molecule has 0 aromatic heterocycles. The number of hydrogen-bond donors (Lipinski definition) is 1. The van der Waals surface area contributed by atoms with E-state index in [0.29, 0.717) is 21.5 Å². The molecule has 2 nitrogen and oxygen atoms in total. The maximum absolute atomic E-state index is 5.52. The van der Waals surface area contributed by atoms with Crippen LogP contribution in [-0.2, 0) is 0 Å². The molecule has 0 amide bonds. The van der Waals surface area contributed by atoms with Crippen molar-refractivity contribution in [3.05, 3.63) is 0 Å². The number of hydrogen-bond acceptors (Lipinski definition) is 2. The topological polar surface area (TPSA) is 29.3 Å². The van der Waals surface area contributed by atoms with Crippen molar-refractivity contribution in [1.82, 2.24) is 3.11 Å². The number of alkyl halides is 1. The Labute approximate surface area is 80.1 Å². The van der Waals surface area contributed by atoms with Gasteiger partial charge in [-0.2, -0.15) is 0 Å². The molecule has 0 aromatic carbocycles. The normalized spacial score (nSPS) is 22.7. The Hall–Kier alpha value is 0.650. The Morgan fingerprint density at radius 3 is 2.55 bits per heavy atom. The molecule has 1 heterocycles. The van der Waals surface area contributed by atoms with Gasteiger partial charge in [-0.25, -0.2) is 0 Å². The maximum atomic E-state index is 5.52. The zero-order valence-corrected chi connectivity index (χ0v) is 9.38. The van der Waals surface area contributed by atoms with E-state index in [1.807, 2.05) is 0 Å². The molecule has 0 aromatic rings. The summed E-state index contributed by atoms with van der Waals surface area (Å²) in [7, 11) is 0. The Kier molecular flexibility index (Phi) is 4.71. The van der Waals surface area contributed by atoms with Crippen LogP contribution in [0.25, 0.3) is 0 Å². The van der Waals surface area contributed by atoms with E-state index in [0.717, 1.165) is 12.5 Å². The first-order valence-corrected chi connectivity index (χ1v) is 7.43. The van der Waals surface area contributed by atoms with Gasteiger partial charge >= 0.3 is 80.1 Å². The van der Waals surface area contributed by atoms with Gasteiger partial charge in [0.1, 0.15) is 0 Å². The van der Waals surface area contributed by atoms with Crippen LogP contribution < -0.4 is 27.2 Å². The fourth-order valence-electron chi connectivity index (χ4n) is 1.59. The van der Waals surface area contributed by atoms with Crippen molar-refractivity contribution in [3.63, 3.8) is 0 Å². The van der Waals surface area contributed by atoms with Crippen LogP contribution in [0.3, 0.4) is 0 Å². The predicted molar refractivity (Wildman–Crippen MR) is 43.9 cm³/mol. The van der Waals surface area contributed by atoms with E-state index in [1.165, 1.54) is 32.4 Å². The first-order valence-electron chi connectivity index (χ1n) is 4.31. The van der Waals surface area contributed by atoms with E-state index in [-0.39, 0.29) is 0 Å². The molecule has 2 N–H and O–H groups in total. The second-order valence-electron chi connectivity index (χ2n) is 3.10. The Bertz CT molecular complexity index is 100.